The van der Waals surface area contributed by atoms with Gasteiger partial charge in [-0.25, -0.2) is 0 Å². The number of benzene rings is 1. The van der Waals surface area contributed by atoms with Gasteiger partial charge in [-0.05, 0) is 31.5 Å². The maximum atomic E-state index is 11.6. The van der Waals surface area contributed by atoms with Crippen LogP contribution in [0.3, 0.4) is 0 Å². The fourth-order valence-electron chi connectivity index (χ4n) is 1.96. The van der Waals surface area contributed by atoms with Crippen molar-refractivity contribution in [3.63, 3.8) is 0 Å². The number of ketones is 1. The molecule has 0 saturated heterocycles. The standard InChI is InChI=1S/C14H13ClN2O3/c1-7-3-13(19)16-11-6-10(15)12(5-9(7)11)17-14(20)4-8(2)18/h3,5-6H,4H2,1-2H3,(H,16,19)(H,17,20). The Morgan fingerprint density at radius 2 is 2.00 bits per heavy atom. The average molecular weight is 293 g/mol. The molecule has 2 N–H and O–H groups in total. The number of aromatic nitrogens is 1. The summed E-state index contributed by atoms with van der Waals surface area (Å²) in [7, 11) is 0. The first-order valence-corrected chi connectivity index (χ1v) is 6.37. The van der Waals surface area contributed by atoms with Crippen LogP contribution in [0.15, 0.2) is 23.0 Å². The molecular weight excluding hydrogens is 280 g/mol. The van der Waals surface area contributed by atoms with E-state index in [0.717, 1.165) is 10.9 Å². The third-order valence-electron chi connectivity index (χ3n) is 2.82. The van der Waals surface area contributed by atoms with Crippen LogP contribution in [0.5, 0.6) is 0 Å². The summed E-state index contributed by atoms with van der Waals surface area (Å²) >= 11 is 6.07. The second kappa shape index (κ2) is 5.46. The van der Waals surface area contributed by atoms with Gasteiger partial charge in [0.05, 0.1) is 22.6 Å². The lowest BCUT2D eigenvalue weighted by Crippen LogP contribution is -2.15. The van der Waals surface area contributed by atoms with E-state index in [0.29, 0.717) is 16.2 Å². The Balaban J connectivity index is 2.45. The van der Waals surface area contributed by atoms with E-state index >= 15 is 0 Å². The Morgan fingerprint density at radius 1 is 1.30 bits per heavy atom. The average Bonchev–Trinajstić information content (AvgIpc) is 2.29. The summed E-state index contributed by atoms with van der Waals surface area (Å²) < 4.78 is 0. The van der Waals surface area contributed by atoms with Crippen molar-refractivity contribution in [2.24, 2.45) is 0 Å². The third-order valence-corrected chi connectivity index (χ3v) is 3.13. The lowest BCUT2D eigenvalue weighted by Gasteiger charge is -2.09. The number of rotatable bonds is 3. The normalized spacial score (nSPS) is 10.6. The summed E-state index contributed by atoms with van der Waals surface area (Å²) in [4.78, 5) is 36.6. The second-order valence-corrected chi connectivity index (χ2v) is 5.03. The van der Waals surface area contributed by atoms with Gasteiger partial charge in [-0.15, -0.1) is 0 Å². The van der Waals surface area contributed by atoms with Gasteiger partial charge in [-0.1, -0.05) is 11.6 Å². The Hall–Kier alpha value is -2.14. The number of hydrogen-bond acceptors (Lipinski definition) is 3. The molecule has 5 nitrogen and oxygen atoms in total. The number of H-pyrrole nitrogens is 1. The number of anilines is 1. The molecule has 104 valence electrons. The number of aryl methyl sites for hydroxylation is 1. The molecule has 2 aromatic rings. The maximum Gasteiger partial charge on any atom is 0.248 e. The maximum absolute atomic E-state index is 11.6. The van der Waals surface area contributed by atoms with Crippen LogP contribution >= 0.6 is 11.6 Å². The lowest BCUT2D eigenvalue weighted by atomic mass is 10.1. The molecule has 2 rings (SSSR count). The van der Waals surface area contributed by atoms with Crippen LogP contribution in [0.1, 0.15) is 18.9 Å². The van der Waals surface area contributed by atoms with E-state index in [4.69, 9.17) is 11.6 Å². The molecule has 0 radical (unpaired) electrons. The van der Waals surface area contributed by atoms with Crippen molar-refractivity contribution in [1.82, 2.24) is 4.98 Å². The van der Waals surface area contributed by atoms with Crippen LogP contribution in [-0.4, -0.2) is 16.7 Å². The number of aromatic amines is 1. The molecule has 6 heteroatoms. The van der Waals surface area contributed by atoms with Gasteiger partial charge >= 0.3 is 0 Å². The Bertz CT molecular complexity index is 765. The molecule has 0 aliphatic carbocycles. The monoisotopic (exact) mass is 292 g/mol. The Kier molecular flexibility index (Phi) is 3.90. The molecule has 0 atom stereocenters. The summed E-state index contributed by atoms with van der Waals surface area (Å²) in [5, 5.41) is 3.68. The van der Waals surface area contributed by atoms with E-state index in [1.54, 1.807) is 19.1 Å². The summed E-state index contributed by atoms with van der Waals surface area (Å²) in [6.07, 6.45) is -0.195. The second-order valence-electron chi connectivity index (χ2n) is 4.62. The smallest absolute Gasteiger partial charge is 0.248 e. The molecule has 1 aromatic carbocycles. The van der Waals surface area contributed by atoms with Crippen LogP contribution in [-0.2, 0) is 9.59 Å². The minimum atomic E-state index is -0.416. The Labute approximate surface area is 119 Å². The third kappa shape index (κ3) is 3.05. The molecule has 20 heavy (non-hydrogen) atoms. The van der Waals surface area contributed by atoms with E-state index in [2.05, 4.69) is 10.3 Å². The number of hydrogen-bond donors (Lipinski definition) is 2. The number of carbonyl (C=O) groups is 2. The number of fused-ring (bicyclic) bond motifs is 1. The molecule has 1 heterocycles. The predicted octanol–water partition coefficient (Wildman–Crippen LogP) is 2.41. The predicted molar refractivity (Wildman–Crippen MR) is 78.2 cm³/mol. The van der Waals surface area contributed by atoms with Gasteiger partial charge < -0.3 is 10.3 Å². The van der Waals surface area contributed by atoms with Gasteiger partial charge in [0.1, 0.15) is 5.78 Å². The molecule has 0 saturated carbocycles. The van der Waals surface area contributed by atoms with Crippen LogP contribution < -0.4 is 10.9 Å². The quantitative estimate of drug-likeness (QED) is 0.853. The summed E-state index contributed by atoms with van der Waals surface area (Å²) in [6, 6.07) is 4.73. The molecule has 0 aliphatic heterocycles. The number of pyridine rings is 1. The van der Waals surface area contributed by atoms with Crippen molar-refractivity contribution in [1.29, 1.82) is 0 Å². The van der Waals surface area contributed by atoms with Crippen LogP contribution in [0.25, 0.3) is 10.9 Å². The molecule has 0 fully saturated rings. The first kappa shape index (κ1) is 14.3. The molecule has 0 bridgehead atoms. The zero-order valence-electron chi connectivity index (χ0n) is 11.0. The largest absolute Gasteiger partial charge is 0.324 e. The first-order chi connectivity index (χ1) is 9.36. The van der Waals surface area contributed by atoms with E-state index in [1.165, 1.54) is 13.0 Å². The fraction of sp³-hybridized carbons (Fsp3) is 0.214. The van der Waals surface area contributed by atoms with Crippen molar-refractivity contribution < 1.29 is 9.59 Å². The molecule has 0 spiro atoms. The number of Topliss-reactive ketones (excluding diaryl/α,β-unsaturated/α-hetero) is 1. The van der Waals surface area contributed by atoms with Crippen molar-refractivity contribution in [3.8, 4) is 0 Å². The van der Waals surface area contributed by atoms with Gasteiger partial charge in [0, 0.05) is 11.5 Å². The summed E-state index contributed by atoms with van der Waals surface area (Å²) in [5.74, 6) is -0.638. The molecule has 0 unspecified atom stereocenters. The highest BCUT2D eigenvalue weighted by Gasteiger charge is 2.10. The van der Waals surface area contributed by atoms with E-state index < -0.39 is 5.91 Å². The van der Waals surface area contributed by atoms with Crippen molar-refractivity contribution >= 4 is 39.9 Å². The van der Waals surface area contributed by atoms with Gasteiger partial charge in [0.2, 0.25) is 11.5 Å². The fourth-order valence-corrected chi connectivity index (χ4v) is 2.17. The van der Waals surface area contributed by atoms with Crippen LogP contribution in [0.4, 0.5) is 5.69 Å². The topological polar surface area (TPSA) is 79.0 Å². The lowest BCUT2D eigenvalue weighted by molar-refractivity contribution is -0.124. The Morgan fingerprint density at radius 3 is 2.65 bits per heavy atom. The van der Waals surface area contributed by atoms with Crippen molar-refractivity contribution in [2.75, 3.05) is 5.32 Å². The minimum Gasteiger partial charge on any atom is -0.324 e. The van der Waals surface area contributed by atoms with Gasteiger partial charge in [-0.3, -0.25) is 14.4 Å². The van der Waals surface area contributed by atoms with Crippen molar-refractivity contribution in [2.45, 2.75) is 20.3 Å². The van der Waals surface area contributed by atoms with Gasteiger partial charge in [-0.2, -0.15) is 0 Å². The zero-order chi connectivity index (χ0) is 14.9. The highest BCUT2D eigenvalue weighted by molar-refractivity contribution is 6.34. The number of amides is 1. The molecule has 1 aromatic heterocycles. The summed E-state index contributed by atoms with van der Waals surface area (Å²) in [5.41, 5.74) is 1.59. The number of halogens is 1. The van der Waals surface area contributed by atoms with E-state index in [9.17, 15) is 14.4 Å². The van der Waals surface area contributed by atoms with Crippen molar-refractivity contribution in [3.05, 3.63) is 39.1 Å². The first-order valence-electron chi connectivity index (χ1n) is 5.99. The zero-order valence-corrected chi connectivity index (χ0v) is 11.8. The van der Waals surface area contributed by atoms with Crippen LogP contribution in [0.2, 0.25) is 5.02 Å². The molecule has 1 amide bonds. The minimum absolute atomic E-state index is 0.195. The summed E-state index contributed by atoms with van der Waals surface area (Å²) in [6.45, 7) is 3.14. The van der Waals surface area contributed by atoms with Crippen LogP contribution in [0, 0.1) is 6.92 Å². The SMILES string of the molecule is CC(=O)CC(=O)Nc1cc2c(C)cc(=O)[nH]c2cc1Cl. The molecular formula is C14H13ClN2O3. The highest BCUT2D eigenvalue weighted by atomic mass is 35.5. The van der Waals surface area contributed by atoms with Gasteiger partial charge in [0.25, 0.3) is 0 Å². The van der Waals surface area contributed by atoms with E-state index in [1.807, 2.05) is 0 Å². The van der Waals surface area contributed by atoms with E-state index in [-0.39, 0.29) is 17.8 Å². The molecule has 0 aliphatic rings. The number of nitrogens with one attached hydrogen (secondary N) is 2. The highest BCUT2D eigenvalue weighted by Crippen LogP contribution is 2.28. The van der Waals surface area contributed by atoms with Gasteiger partial charge in [0.15, 0.2) is 0 Å². The number of carbonyl (C=O) groups excluding carboxylic acids is 2.